The molecule has 1 aliphatic rings. The van der Waals surface area contributed by atoms with Gasteiger partial charge in [0.05, 0.1) is 11.2 Å². The Labute approximate surface area is 99.3 Å². The first kappa shape index (κ1) is 10.6. The van der Waals surface area contributed by atoms with E-state index in [-0.39, 0.29) is 6.10 Å². The van der Waals surface area contributed by atoms with Crippen LogP contribution in [-0.2, 0) is 4.74 Å². The van der Waals surface area contributed by atoms with Crippen molar-refractivity contribution in [3.05, 3.63) is 30.5 Å². The molecule has 2 aromatic heterocycles. The molecule has 88 valence electrons. The first-order chi connectivity index (χ1) is 8.45. The van der Waals surface area contributed by atoms with Crippen molar-refractivity contribution < 1.29 is 4.74 Å². The molecule has 2 aromatic rings. The van der Waals surface area contributed by atoms with Crippen LogP contribution in [0, 0.1) is 0 Å². The highest BCUT2D eigenvalue weighted by Crippen LogP contribution is 2.23. The van der Waals surface area contributed by atoms with Crippen molar-refractivity contribution in [2.24, 2.45) is 0 Å². The Morgan fingerprint density at radius 3 is 3.35 bits per heavy atom. The fraction of sp³-hybridized carbons (Fsp3) is 0.417. The molecular weight excluding hydrogens is 216 g/mol. The van der Waals surface area contributed by atoms with Gasteiger partial charge in [0.2, 0.25) is 0 Å². The summed E-state index contributed by atoms with van der Waals surface area (Å²) >= 11 is 0. The lowest BCUT2D eigenvalue weighted by molar-refractivity contribution is 0.0649. The van der Waals surface area contributed by atoms with Gasteiger partial charge < -0.3 is 10.1 Å². The third-order valence-corrected chi connectivity index (χ3v) is 2.92. The topological polar surface area (TPSA) is 59.9 Å². The Kier molecular flexibility index (Phi) is 2.94. The molecule has 1 atom stereocenters. The third kappa shape index (κ3) is 2.11. The number of aromatic nitrogens is 3. The summed E-state index contributed by atoms with van der Waals surface area (Å²) < 4.78 is 5.82. The van der Waals surface area contributed by atoms with Crippen molar-refractivity contribution in [3.8, 4) is 0 Å². The summed E-state index contributed by atoms with van der Waals surface area (Å²) in [5.74, 6) is 0. The lowest BCUT2D eigenvalue weighted by Crippen LogP contribution is -2.21. The molecule has 0 aromatic carbocycles. The van der Waals surface area contributed by atoms with Crippen molar-refractivity contribution in [2.75, 3.05) is 19.7 Å². The van der Waals surface area contributed by atoms with E-state index in [1.807, 2.05) is 6.07 Å². The summed E-state index contributed by atoms with van der Waals surface area (Å²) in [5.41, 5.74) is 1.84. The number of hydrogen-bond donors (Lipinski definition) is 1. The second-order valence-corrected chi connectivity index (χ2v) is 4.07. The Morgan fingerprint density at radius 2 is 2.35 bits per heavy atom. The molecule has 0 amide bonds. The van der Waals surface area contributed by atoms with Crippen LogP contribution < -0.4 is 5.32 Å². The number of nitrogens with one attached hydrogen (secondary N) is 1. The maximum Gasteiger partial charge on any atom is 0.116 e. The van der Waals surface area contributed by atoms with Crippen LogP contribution in [0.25, 0.3) is 10.9 Å². The Bertz CT molecular complexity index is 503. The highest BCUT2D eigenvalue weighted by atomic mass is 16.5. The summed E-state index contributed by atoms with van der Waals surface area (Å²) in [7, 11) is 0. The standard InChI is InChI=1S/C12H14N4O/c1-3-13-7-11(17-5-1)12-9-6-14-4-2-10(9)15-8-16-12/h2,4,6,8,11,13H,1,3,5,7H2. The van der Waals surface area contributed by atoms with Gasteiger partial charge in [-0.25, -0.2) is 9.97 Å². The Morgan fingerprint density at radius 1 is 1.35 bits per heavy atom. The molecule has 1 unspecified atom stereocenters. The van der Waals surface area contributed by atoms with Gasteiger partial charge in [0.25, 0.3) is 0 Å². The molecular formula is C12H14N4O. The van der Waals surface area contributed by atoms with Gasteiger partial charge in [-0.15, -0.1) is 0 Å². The normalized spacial score (nSPS) is 21.3. The highest BCUT2D eigenvalue weighted by Gasteiger charge is 2.18. The largest absolute Gasteiger partial charge is 0.371 e. The number of fused-ring (bicyclic) bond motifs is 1. The van der Waals surface area contributed by atoms with Gasteiger partial charge in [-0.2, -0.15) is 0 Å². The molecule has 3 rings (SSSR count). The van der Waals surface area contributed by atoms with Crippen molar-refractivity contribution in [1.29, 1.82) is 0 Å². The van der Waals surface area contributed by atoms with Crippen molar-refractivity contribution in [2.45, 2.75) is 12.5 Å². The fourth-order valence-electron chi connectivity index (χ4n) is 2.07. The molecule has 1 fully saturated rings. The number of hydrogen-bond acceptors (Lipinski definition) is 5. The van der Waals surface area contributed by atoms with Gasteiger partial charge in [-0.05, 0) is 19.0 Å². The molecule has 17 heavy (non-hydrogen) atoms. The summed E-state index contributed by atoms with van der Waals surface area (Å²) in [6, 6.07) is 1.89. The van der Waals surface area contributed by atoms with E-state index in [0.717, 1.165) is 42.7 Å². The monoisotopic (exact) mass is 230 g/mol. The molecule has 0 saturated carbocycles. The van der Waals surface area contributed by atoms with Crippen molar-refractivity contribution in [3.63, 3.8) is 0 Å². The fourth-order valence-corrected chi connectivity index (χ4v) is 2.07. The number of nitrogens with zero attached hydrogens (tertiary/aromatic N) is 3. The predicted octanol–water partition coefficient (Wildman–Crippen LogP) is 1.08. The van der Waals surface area contributed by atoms with E-state index in [1.165, 1.54) is 0 Å². The lowest BCUT2D eigenvalue weighted by atomic mass is 10.1. The van der Waals surface area contributed by atoms with Crippen LogP contribution in [0.3, 0.4) is 0 Å². The van der Waals surface area contributed by atoms with E-state index >= 15 is 0 Å². The summed E-state index contributed by atoms with van der Waals surface area (Å²) in [5, 5.41) is 4.33. The van der Waals surface area contributed by atoms with Crippen LogP contribution in [0.15, 0.2) is 24.8 Å². The van der Waals surface area contributed by atoms with Gasteiger partial charge >= 0.3 is 0 Å². The van der Waals surface area contributed by atoms with Crippen LogP contribution >= 0.6 is 0 Å². The molecule has 3 heterocycles. The molecule has 5 nitrogen and oxygen atoms in total. The molecule has 1 N–H and O–H groups in total. The van der Waals surface area contributed by atoms with E-state index in [1.54, 1.807) is 18.7 Å². The quantitative estimate of drug-likeness (QED) is 0.794. The van der Waals surface area contributed by atoms with Gasteiger partial charge in [0, 0.05) is 30.9 Å². The van der Waals surface area contributed by atoms with Crippen LogP contribution in [-0.4, -0.2) is 34.6 Å². The predicted molar refractivity (Wildman–Crippen MR) is 63.5 cm³/mol. The average Bonchev–Trinajstić information content (AvgIpc) is 2.67. The van der Waals surface area contributed by atoms with E-state index in [4.69, 9.17) is 4.74 Å². The summed E-state index contributed by atoms with van der Waals surface area (Å²) in [6.45, 7) is 2.56. The Hall–Kier alpha value is -1.59. The van der Waals surface area contributed by atoms with Gasteiger partial charge in [-0.1, -0.05) is 0 Å². The molecule has 0 bridgehead atoms. The van der Waals surface area contributed by atoms with Crippen LogP contribution in [0.2, 0.25) is 0 Å². The van der Waals surface area contributed by atoms with E-state index < -0.39 is 0 Å². The van der Waals surface area contributed by atoms with E-state index in [2.05, 4.69) is 20.3 Å². The maximum absolute atomic E-state index is 5.82. The van der Waals surface area contributed by atoms with Crippen LogP contribution in [0.5, 0.6) is 0 Å². The minimum absolute atomic E-state index is 0.00722. The molecule has 5 heteroatoms. The summed E-state index contributed by atoms with van der Waals surface area (Å²) in [4.78, 5) is 12.7. The smallest absolute Gasteiger partial charge is 0.116 e. The zero-order chi connectivity index (χ0) is 11.5. The third-order valence-electron chi connectivity index (χ3n) is 2.92. The molecule has 0 aliphatic carbocycles. The zero-order valence-electron chi connectivity index (χ0n) is 9.47. The van der Waals surface area contributed by atoms with Gasteiger partial charge in [0.15, 0.2) is 0 Å². The zero-order valence-corrected chi connectivity index (χ0v) is 9.47. The van der Waals surface area contributed by atoms with Gasteiger partial charge in [0.1, 0.15) is 12.4 Å². The first-order valence-electron chi connectivity index (χ1n) is 5.82. The van der Waals surface area contributed by atoms with E-state index in [0.29, 0.717) is 0 Å². The molecule has 1 aliphatic heterocycles. The average molecular weight is 230 g/mol. The molecule has 0 spiro atoms. The Balaban J connectivity index is 2.03. The number of ether oxygens (including phenoxy) is 1. The second kappa shape index (κ2) is 4.73. The summed E-state index contributed by atoms with van der Waals surface area (Å²) in [6.07, 6.45) is 6.17. The SMILES string of the molecule is c1cc2ncnc(C3CNCCCO3)c2cn1. The minimum Gasteiger partial charge on any atom is -0.371 e. The van der Waals surface area contributed by atoms with Crippen LogP contribution in [0.4, 0.5) is 0 Å². The van der Waals surface area contributed by atoms with Crippen molar-refractivity contribution >= 4 is 10.9 Å². The highest BCUT2D eigenvalue weighted by molar-refractivity contribution is 5.79. The first-order valence-corrected chi connectivity index (χ1v) is 5.82. The second-order valence-electron chi connectivity index (χ2n) is 4.07. The number of pyridine rings is 1. The van der Waals surface area contributed by atoms with E-state index in [9.17, 15) is 0 Å². The molecule has 0 radical (unpaired) electrons. The van der Waals surface area contributed by atoms with Gasteiger partial charge in [-0.3, -0.25) is 4.98 Å². The minimum atomic E-state index is -0.00722. The van der Waals surface area contributed by atoms with Crippen molar-refractivity contribution in [1.82, 2.24) is 20.3 Å². The maximum atomic E-state index is 5.82. The number of rotatable bonds is 1. The van der Waals surface area contributed by atoms with Crippen LogP contribution in [0.1, 0.15) is 18.2 Å². The molecule has 1 saturated heterocycles. The lowest BCUT2D eigenvalue weighted by Gasteiger charge is -2.15.